The summed E-state index contributed by atoms with van der Waals surface area (Å²) in [5.74, 6) is 0.169. The standard InChI is InChI=1S/C21H27N3O6S.ClH/c1-30-21-11-10-17(24(26)27)14-20(21)23(31(28,29)19-8-4-2-5-9-19)16-18(25)15-22-12-6-3-7-13-22;/h2,4-5,8-11,14,18,25H,3,6-7,12-13,15-16H2,1H3;1H. The molecule has 1 heterocycles. The predicted octanol–water partition coefficient (Wildman–Crippen LogP) is -1.77. The Hall–Kier alpha value is -2.40. The molecule has 1 saturated heterocycles. The summed E-state index contributed by atoms with van der Waals surface area (Å²) < 4.78 is 33.3. The van der Waals surface area contributed by atoms with E-state index in [1.807, 2.05) is 0 Å². The van der Waals surface area contributed by atoms with Crippen LogP contribution in [-0.2, 0) is 10.0 Å². The van der Waals surface area contributed by atoms with Gasteiger partial charge in [-0.05, 0) is 37.5 Å². The van der Waals surface area contributed by atoms with Gasteiger partial charge in [-0.25, -0.2) is 8.42 Å². The smallest absolute Gasteiger partial charge is 0.271 e. The van der Waals surface area contributed by atoms with Crippen molar-refractivity contribution < 1.29 is 40.5 Å². The molecule has 9 nitrogen and oxygen atoms in total. The summed E-state index contributed by atoms with van der Waals surface area (Å²) in [4.78, 5) is 12.0. The molecule has 3 rings (SSSR count). The average Bonchev–Trinajstić information content (AvgIpc) is 2.78. The van der Waals surface area contributed by atoms with E-state index in [1.54, 1.807) is 18.2 Å². The number of nitro benzene ring substituents is 1. The number of nitrogens with zero attached hydrogens (tertiary/aromatic N) is 2. The Morgan fingerprint density at radius 3 is 2.41 bits per heavy atom. The highest BCUT2D eigenvalue weighted by Gasteiger charge is 2.32. The Labute approximate surface area is 194 Å². The molecule has 2 aromatic carbocycles. The number of aliphatic hydroxyl groups excluding tert-OH is 1. The molecule has 0 radical (unpaired) electrons. The number of benzene rings is 2. The molecule has 0 aliphatic carbocycles. The Bertz CT molecular complexity index is 1000. The van der Waals surface area contributed by atoms with Crippen LogP contribution in [-0.4, -0.2) is 57.8 Å². The number of hydrogen-bond acceptors (Lipinski definition) is 6. The molecule has 0 saturated carbocycles. The van der Waals surface area contributed by atoms with Gasteiger partial charge in [0.1, 0.15) is 24.1 Å². The largest absolute Gasteiger partial charge is 1.00 e. The van der Waals surface area contributed by atoms with Gasteiger partial charge >= 0.3 is 0 Å². The highest BCUT2D eigenvalue weighted by molar-refractivity contribution is 7.92. The van der Waals surface area contributed by atoms with Crippen LogP contribution in [0.3, 0.4) is 0 Å². The third-order valence-electron chi connectivity index (χ3n) is 5.43. The molecule has 11 heteroatoms. The maximum Gasteiger partial charge on any atom is 0.271 e. The van der Waals surface area contributed by atoms with Gasteiger partial charge in [0.15, 0.2) is 0 Å². The van der Waals surface area contributed by atoms with E-state index in [1.165, 1.54) is 48.8 Å². The summed E-state index contributed by atoms with van der Waals surface area (Å²) in [5.41, 5.74) is -0.242. The topological polar surface area (TPSA) is 114 Å². The lowest BCUT2D eigenvalue weighted by atomic mass is 10.1. The molecular formula is C21H28ClN3O6S. The number of non-ortho nitro benzene ring substituents is 1. The number of likely N-dealkylation sites (tertiary alicyclic amines) is 1. The van der Waals surface area contributed by atoms with Crippen molar-refractivity contribution in [3.63, 3.8) is 0 Å². The number of rotatable bonds is 9. The number of quaternary nitrogens is 1. The number of methoxy groups -OCH3 is 1. The second-order valence-electron chi connectivity index (χ2n) is 7.63. The molecular weight excluding hydrogens is 458 g/mol. The summed E-state index contributed by atoms with van der Waals surface area (Å²) in [6, 6.07) is 11.6. The summed E-state index contributed by atoms with van der Waals surface area (Å²) in [5, 5.41) is 22.1. The van der Waals surface area contributed by atoms with Gasteiger partial charge in [-0.1, -0.05) is 18.2 Å². The first-order valence-corrected chi connectivity index (χ1v) is 11.7. The molecule has 1 aliphatic heterocycles. The van der Waals surface area contributed by atoms with Crippen LogP contribution < -0.4 is 26.3 Å². The molecule has 0 aromatic heterocycles. The fraction of sp³-hybridized carbons (Fsp3) is 0.429. The molecule has 1 unspecified atom stereocenters. The Kier molecular flexibility index (Phi) is 9.26. The van der Waals surface area contributed by atoms with E-state index in [-0.39, 0.29) is 41.0 Å². The van der Waals surface area contributed by atoms with Gasteiger partial charge in [0.2, 0.25) is 0 Å². The SMILES string of the molecule is COc1ccc([N+](=O)[O-])cc1N(CC(O)C[NH+]1CCCCC1)S(=O)(=O)c1ccccc1.[Cl-]. The quantitative estimate of drug-likeness (QED) is 0.321. The molecule has 0 bridgehead atoms. The number of ether oxygens (including phenoxy) is 1. The lowest BCUT2D eigenvalue weighted by molar-refractivity contribution is -0.907. The predicted molar refractivity (Wildman–Crippen MR) is 116 cm³/mol. The normalized spacial score (nSPS) is 15.4. The van der Waals surface area contributed by atoms with Gasteiger partial charge in [-0.15, -0.1) is 0 Å². The number of aliphatic hydroxyl groups is 1. The van der Waals surface area contributed by atoms with E-state index in [0.29, 0.717) is 6.54 Å². The van der Waals surface area contributed by atoms with Crippen LogP contribution in [0.2, 0.25) is 0 Å². The summed E-state index contributed by atoms with van der Waals surface area (Å²) in [7, 11) is -2.74. The maximum absolute atomic E-state index is 13.5. The average molecular weight is 486 g/mol. The minimum absolute atomic E-state index is 0. The van der Waals surface area contributed by atoms with Crippen LogP contribution in [0.5, 0.6) is 5.75 Å². The first kappa shape index (κ1) is 25.9. The zero-order valence-electron chi connectivity index (χ0n) is 17.8. The van der Waals surface area contributed by atoms with Gasteiger partial charge in [0.05, 0.1) is 36.6 Å². The van der Waals surface area contributed by atoms with Crippen LogP contribution >= 0.6 is 0 Å². The lowest BCUT2D eigenvalue weighted by Crippen LogP contribution is -3.14. The highest BCUT2D eigenvalue weighted by atomic mass is 35.5. The number of hydrogen-bond donors (Lipinski definition) is 2. The number of nitrogens with one attached hydrogen (secondary N) is 1. The summed E-state index contributed by atoms with van der Waals surface area (Å²) in [6.07, 6.45) is 2.37. The molecule has 1 fully saturated rings. The number of piperidine rings is 1. The molecule has 0 amide bonds. The zero-order chi connectivity index (χ0) is 22.4. The van der Waals surface area contributed by atoms with E-state index in [2.05, 4.69) is 0 Å². The van der Waals surface area contributed by atoms with Crippen molar-refractivity contribution >= 4 is 21.4 Å². The zero-order valence-corrected chi connectivity index (χ0v) is 19.4. The fourth-order valence-corrected chi connectivity index (χ4v) is 5.40. The molecule has 0 spiro atoms. The van der Waals surface area contributed by atoms with E-state index in [9.17, 15) is 23.6 Å². The van der Waals surface area contributed by atoms with Gasteiger partial charge in [0.25, 0.3) is 15.7 Å². The number of nitro groups is 1. The van der Waals surface area contributed by atoms with Crippen molar-refractivity contribution in [1.29, 1.82) is 0 Å². The van der Waals surface area contributed by atoms with Crippen molar-refractivity contribution in [3.05, 3.63) is 58.6 Å². The van der Waals surface area contributed by atoms with E-state index in [0.717, 1.165) is 30.2 Å². The second-order valence-corrected chi connectivity index (χ2v) is 9.49. The van der Waals surface area contributed by atoms with Crippen molar-refractivity contribution in [2.45, 2.75) is 30.3 Å². The minimum Gasteiger partial charge on any atom is -1.00 e. The Morgan fingerprint density at radius 1 is 1.16 bits per heavy atom. The van der Waals surface area contributed by atoms with Crippen molar-refractivity contribution in [3.8, 4) is 5.75 Å². The van der Waals surface area contributed by atoms with Crippen molar-refractivity contribution in [1.82, 2.24) is 0 Å². The number of sulfonamides is 1. The summed E-state index contributed by atoms with van der Waals surface area (Å²) >= 11 is 0. The molecule has 1 aliphatic rings. The minimum atomic E-state index is -4.10. The van der Waals surface area contributed by atoms with E-state index in [4.69, 9.17) is 4.74 Å². The molecule has 2 aromatic rings. The van der Waals surface area contributed by atoms with Crippen molar-refractivity contribution in [2.75, 3.05) is 37.6 Å². The van der Waals surface area contributed by atoms with E-state index >= 15 is 0 Å². The first-order valence-electron chi connectivity index (χ1n) is 10.2. The third kappa shape index (κ3) is 6.10. The number of anilines is 1. The van der Waals surface area contributed by atoms with E-state index < -0.39 is 21.1 Å². The molecule has 1 atom stereocenters. The van der Waals surface area contributed by atoms with Crippen molar-refractivity contribution in [2.24, 2.45) is 0 Å². The Balaban J connectivity index is 0.00000363. The third-order valence-corrected chi connectivity index (χ3v) is 7.23. The summed E-state index contributed by atoms with van der Waals surface area (Å²) in [6.45, 7) is 2.03. The second kappa shape index (κ2) is 11.5. The van der Waals surface area contributed by atoms with Gasteiger partial charge < -0.3 is 27.2 Å². The first-order chi connectivity index (χ1) is 14.8. The lowest BCUT2D eigenvalue weighted by Gasteiger charge is -2.30. The Morgan fingerprint density at radius 2 is 1.81 bits per heavy atom. The van der Waals surface area contributed by atoms with Gasteiger partial charge in [0, 0.05) is 12.1 Å². The highest BCUT2D eigenvalue weighted by Crippen LogP contribution is 2.35. The fourth-order valence-electron chi connectivity index (χ4n) is 3.88. The molecule has 2 N–H and O–H groups in total. The van der Waals surface area contributed by atoms with Crippen LogP contribution in [0.25, 0.3) is 0 Å². The van der Waals surface area contributed by atoms with Crippen LogP contribution in [0.1, 0.15) is 19.3 Å². The molecule has 32 heavy (non-hydrogen) atoms. The van der Waals surface area contributed by atoms with Crippen LogP contribution in [0.4, 0.5) is 11.4 Å². The van der Waals surface area contributed by atoms with Gasteiger partial charge in [-0.3, -0.25) is 14.4 Å². The van der Waals surface area contributed by atoms with Crippen LogP contribution in [0, 0.1) is 10.1 Å². The maximum atomic E-state index is 13.5. The number of halogens is 1. The molecule has 176 valence electrons. The monoisotopic (exact) mass is 485 g/mol. The van der Waals surface area contributed by atoms with Crippen LogP contribution in [0.15, 0.2) is 53.4 Å². The van der Waals surface area contributed by atoms with Gasteiger partial charge in [-0.2, -0.15) is 0 Å².